The molecule has 0 bridgehead atoms. The summed E-state index contributed by atoms with van der Waals surface area (Å²) >= 11 is 0. The maximum atomic E-state index is 12.3. The molecular weight excluding hydrogens is 326 g/mol. The minimum atomic E-state index is -0.0165. The number of amides is 2. The molecule has 2 amide bonds. The van der Waals surface area contributed by atoms with Crippen LogP contribution >= 0.6 is 0 Å². The number of likely N-dealkylation sites (tertiary alicyclic amines) is 1. The first-order valence-corrected chi connectivity index (χ1v) is 10.0. The third kappa shape index (κ3) is 5.56. The Hall–Kier alpha value is -1.88. The highest BCUT2D eigenvalue weighted by molar-refractivity contribution is 5.96. The predicted octanol–water partition coefficient (Wildman–Crippen LogP) is 3.42. The van der Waals surface area contributed by atoms with E-state index < -0.39 is 0 Å². The molecule has 26 heavy (non-hydrogen) atoms. The number of nitrogens with zero attached hydrogens (tertiary/aromatic N) is 1. The van der Waals surface area contributed by atoms with Gasteiger partial charge in [-0.3, -0.25) is 14.5 Å². The Bertz CT molecular complexity index is 600. The minimum absolute atomic E-state index is 0.0129. The second-order valence-electron chi connectivity index (χ2n) is 7.89. The first-order valence-electron chi connectivity index (χ1n) is 10.0. The van der Waals surface area contributed by atoms with Crippen LogP contribution in [0.3, 0.4) is 0 Å². The van der Waals surface area contributed by atoms with E-state index in [1.54, 1.807) is 12.1 Å². The SMILES string of the molecule is CC1CCN(CC(=O)Nc2ccc(C(=O)NC3CCCCC3)cc2)CC1. The normalized spacial score (nSPS) is 19.9. The number of hydrogen-bond acceptors (Lipinski definition) is 3. The summed E-state index contributed by atoms with van der Waals surface area (Å²) in [4.78, 5) is 26.8. The van der Waals surface area contributed by atoms with Crippen LogP contribution in [0.2, 0.25) is 0 Å². The first kappa shape index (κ1) is 18.9. The molecule has 1 saturated heterocycles. The lowest BCUT2D eigenvalue weighted by Crippen LogP contribution is -2.38. The summed E-state index contributed by atoms with van der Waals surface area (Å²) in [6.45, 7) is 4.70. The summed E-state index contributed by atoms with van der Waals surface area (Å²) in [6, 6.07) is 7.51. The number of piperidine rings is 1. The molecule has 1 aromatic carbocycles. The zero-order chi connectivity index (χ0) is 18.4. The number of nitrogens with one attached hydrogen (secondary N) is 2. The van der Waals surface area contributed by atoms with Gasteiger partial charge in [-0.05, 0) is 69.0 Å². The predicted molar refractivity (Wildman–Crippen MR) is 104 cm³/mol. The van der Waals surface area contributed by atoms with Gasteiger partial charge in [0.15, 0.2) is 0 Å². The van der Waals surface area contributed by atoms with Gasteiger partial charge in [-0.15, -0.1) is 0 Å². The Kier molecular flexibility index (Phi) is 6.67. The Morgan fingerprint density at radius 3 is 2.31 bits per heavy atom. The molecule has 0 unspecified atom stereocenters. The molecule has 1 heterocycles. The largest absolute Gasteiger partial charge is 0.349 e. The van der Waals surface area contributed by atoms with Crippen LogP contribution in [-0.2, 0) is 4.79 Å². The number of anilines is 1. The van der Waals surface area contributed by atoms with Crippen LogP contribution in [-0.4, -0.2) is 42.4 Å². The maximum absolute atomic E-state index is 12.3. The summed E-state index contributed by atoms with van der Waals surface area (Å²) in [5, 5.41) is 6.06. The van der Waals surface area contributed by atoms with Crippen LogP contribution < -0.4 is 10.6 Å². The topological polar surface area (TPSA) is 61.4 Å². The van der Waals surface area contributed by atoms with Crippen LogP contribution in [0.25, 0.3) is 0 Å². The lowest BCUT2D eigenvalue weighted by Gasteiger charge is -2.29. The Morgan fingerprint density at radius 1 is 1.00 bits per heavy atom. The fourth-order valence-electron chi connectivity index (χ4n) is 3.84. The van der Waals surface area contributed by atoms with Gasteiger partial charge in [0.1, 0.15) is 0 Å². The Morgan fingerprint density at radius 2 is 1.65 bits per heavy atom. The summed E-state index contributed by atoms with van der Waals surface area (Å²) < 4.78 is 0. The van der Waals surface area contributed by atoms with Gasteiger partial charge >= 0.3 is 0 Å². The molecule has 1 aliphatic carbocycles. The molecule has 142 valence electrons. The van der Waals surface area contributed by atoms with Crippen molar-refractivity contribution in [3.05, 3.63) is 29.8 Å². The van der Waals surface area contributed by atoms with Gasteiger partial charge in [0, 0.05) is 17.3 Å². The average Bonchev–Trinajstić information content (AvgIpc) is 2.65. The molecule has 5 heteroatoms. The van der Waals surface area contributed by atoms with E-state index in [1.807, 2.05) is 12.1 Å². The number of rotatable bonds is 5. The van der Waals surface area contributed by atoms with Gasteiger partial charge < -0.3 is 10.6 Å². The van der Waals surface area contributed by atoms with Gasteiger partial charge in [0.05, 0.1) is 6.54 Å². The van der Waals surface area contributed by atoms with E-state index in [1.165, 1.54) is 19.3 Å². The molecule has 3 rings (SSSR count). The summed E-state index contributed by atoms with van der Waals surface area (Å²) in [5.41, 5.74) is 1.40. The molecule has 0 spiro atoms. The van der Waals surface area contributed by atoms with Crippen LogP contribution in [0.5, 0.6) is 0 Å². The van der Waals surface area contributed by atoms with Crippen LogP contribution in [0.15, 0.2) is 24.3 Å². The van der Waals surface area contributed by atoms with Gasteiger partial charge in [-0.25, -0.2) is 0 Å². The lowest BCUT2D eigenvalue weighted by atomic mass is 9.95. The van der Waals surface area contributed by atoms with E-state index in [9.17, 15) is 9.59 Å². The third-order valence-electron chi connectivity index (χ3n) is 5.61. The van der Waals surface area contributed by atoms with Crippen molar-refractivity contribution in [1.82, 2.24) is 10.2 Å². The van der Waals surface area contributed by atoms with E-state index in [2.05, 4.69) is 22.5 Å². The van der Waals surface area contributed by atoms with Crippen molar-refractivity contribution in [3.63, 3.8) is 0 Å². The molecule has 5 nitrogen and oxygen atoms in total. The maximum Gasteiger partial charge on any atom is 0.251 e. The summed E-state index contributed by atoms with van der Waals surface area (Å²) in [5.74, 6) is 0.762. The fourth-order valence-corrected chi connectivity index (χ4v) is 3.84. The number of hydrogen-bond donors (Lipinski definition) is 2. The number of carbonyl (C=O) groups excluding carboxylic acids is 2. The van der Waals surface area contributed by atoms with Gasteiger partial charge in [-0.2, -0.15) is 0 Å². The quantitative estimate of drug-likeness (QED) is 0.849. The van der Waals surface area contributed by atoms with Crippen molar-refractivity contribution in [2.24, 2.45) is 5.92 Å². The van der Waals surface area contributed by atoms with Crippen LogP contribution in [0, 0.1) is 5.92 Å². The molecule has 2 fully saturated rings. The minimum Gasteiger partial charge on any atom is -0.349 e. The highest BCUT2D eigenvalue weighted by Crippen LogP contribution is 2.19. The summed E-state index contributed by atoms with van der Waals surface area (Å²) in [7, 11) is 0. The molecular formula is C21H31N3O2. The van der Waals surface area contributed by atoms with E-state index in [0.717, 1.165) is 50.4 Å². The molecule has 1 aliphatic heterocycles. The molecule has 2 aliphatic rings. The second kappa shape index (κ2) is 9.17. The molecule has 2 N–H and O–H groups in total. The van der Waals surface area contributed by atoms with Crippen molar-refractivity contribution >= 4 is 17.5 Å². The average molecular weight is 357 g/mol. The van der Waals surface area contributed by atoms with Gasteiger partial charge in [0.2, 0.25) is 5.91 Å². The number of benzene rings is 1. The van der Waals surface area contributed by atoms with E-state index in [0.29, 0.717) is 18.2 Å². The van der Waals surface area contributed by atoms with Crippen molar-refractivity contribution in [3.8, 4) is 0 Å². The molecule has 1 saturated carbocycles. The smallest absolute Gasteiger partial charge is 0.251 e. The van der Waals surface area contributed by atoms with E-state index >= 15 is 0 Å². The highest BCUT2D eigenvalue weighted by Gasteiger charge is 2.19. The van der Waals surface area contributed by atoms with Crippen molar-refractivity contribution in [2.45, 2.75) is 57.9 Å². The van der Waals surface area contributed by atoms with E-state index in [-0.39, 0.29) is 11.8 Å². The molecule has 0 aromatic heterocycles. The molecule has 1 aromatic rings. The lowest BCUT2D eigenvalue weighted by molar-refractivity contribution is -0.117. The monoisotopic (exact) mass is 357 g/mol. The van der Waals surface area contributed by atoms with Crippen LogP contribution in [0.1, 0.15) is 62.2 Å². The van der Waals surface area contributed by atoms with Crippen molar-refractivity contribution in [1.29, 1.82) is 0 Å². The zero-order valence-electron chi connectivity index (χ0n) is 15.8. The zero-order valence-corrected chi connectivity index (χ0v) is 15.8. The third-order valence-corrected chi connectivity index (χ3v) is 5.61. The van der Waals surface area contributed by atoms with Gasteiger partial charge in [0.25, 0.3) is 5.91 Å². The second-order valence-corrected chi connectivity index (χ2v) is 7.89. The standard InChI is InChI=1S/C21H31N3O2/c1-16-11-13-24(14-12-16)15-20(25)22-19-9-7-17(8-10-19)21(26)23-18-5-3-2-4-6-18/h7-10,16,18H,2-6,11-15H2,1H3,(H,22,25)(H,23,26). The Labute approximate surface area is 156 Å². The molecule has 0 radical (unpaired) electrons. The van der Waals surface area contributed by atoms with Crippen LogP contribution in [0.4, 0.5) is 5.69 Å². The van der Waals surface area contributed by atoms with Crippen molar-refractivity contribution in [2.75, 3.05) is 25.0 Å². The fraction of sp³-hybridized carbons (Fsp3) is 0.619. The number of carbonyl (C=O) groups is 2. The highest BCUT2D eigenvalue weighted by atomic mass is 16.2. The summed E-state index contributed by atoms with van der Waals surface area (Å²) in [6.07, 6.45) is 8.16. The van der Waals surface area contributed by atoms with Crippen molar-refractivity contribution < 1.29 is 9.59 Å². The van der Waals surface area contributed by atoms with E-state index in [4.69, 9.17) is 0 Å². The first-order chi connectivity index (χ1) is 12.6. The molecule has 0 atom stereocenters. The Balaban J connectivity index is 1.46. The van der Waals surface area contributed by atoms with Gasteiger partial charge in [-0.1, -0.05) is 26.2 Å².